The van der Waals surface area contributed by atoms with Gasteiger partial charge in [-0.2, -0.15) is 24.4 Å². The van der Waals surface area contributed by atoms with Crippen molar-refractivity contribution in [3.8, 4) is 0 Å². The lowest BCUT2D eigenvalue weighted by Gasteiger charge is -2.29. The van der Waals surface area contributed by atoms with Crippen molar-refractivity contribution in [3.05, 3.63) is 0 Å². The molecular weight excluding hydrogens is 214 g/mol. The summed E-state index contributed by atoms with van der Waals surface area (Å²) in [6, 6.07) is 0.378. The van der Waals surface area contributed by atoms with Crippen molar-refractivity contribution in [2.24, 2.45) is 0 Å². The number of thiol groups is 1. The lowest BCUT2D eigenvalue weighted by atomic mass is 9.95. The molecule has 1 rings (SSSR count). The number of thioether (sulfide) groups is 1. The first kappa shape index (κ1) is 12.2. The van der Waals surface area contributed by atoms with Crippen molar-refractivity contribution >= 4 is 30.3 Å². The smallest absolute Gasteiger partial charge is 0.232 e. The summed E-state index contributed by atoms with van der Waals surface area (Å²) in [4.78, 5) is 11.4. The first-order chi connectivity index (χ1) is 6.63. The molecule has 0 aliphatic heterocycles. The summed E-state index contributed by atoms with van der Waals surface area (Å²) in [6.45, 7) is 1.81. The normalized spacial score (nSPS) is 29.6. The van der Waals surface area contributed by atoms with Gasteiger partial charge in [0.05, 0.1) is 5.25 Å². The van der Waals surface area contributed by atoms with Gasteiger partial charge >= 0.3 is 0 Å². The molecule has 0 heterocycles. The molecule has 1 fully saturated rings. The van der Waals surface area contributed by atoms with Gasteiger partial charge in [-0.15, -0.1) is 0 Å². The Bertz CT molecular complexity index is 197. The number of amides is 1. The summed E-state index contributed by atoms with van der Waals surface area (Å²) < 4.78 is 0. The summed E-state index contributed by atoms with van der Waals surface area (Å²) in [5.41, 5.74) is 0. The van der Waals surface area contributed by atoms with Crippen LogP contribution in [-0.4, -0.2) is 28.7 Å². The molecule has 4 heteroatoms. The van der Waals surface area contributed by atoms with E-state index in [1.165, 1.54) is 12.8 Å². The average Bonchev–Trinajstić information content (AvgIpc) is 2.18. The van der Waals surface area contributed by atoms with Gasteiger partial charge in [0.2, 0.25) is 5.91 Å². The molecule has 1 aliphatic rings. The lowest BCUT2D eigenvalue weighted by molar-refractivity contribution is -0.121. The second-order valence-corrected chi connectivity index (χ2v) is 5.82. The van der Waals surface area contributed by atoms with Gasteiger partial charge in [-0.3, -0.25) is 4.79 Å². The number of nitrogens with one attached hydrogen (secondary N) is 1. The Morgan fingerprint density at radius 3 is 2.86 bits per heavy atom. The number of hydrogen-bond acceptors (Lipinski definition) is 3. The van der Waals surface area contributed by atoms with Gasteiger partial charge in [-0.1, -0.05) is 6.42 Å². The molecule has 1 N–H and O–H groups in total. The van der Waals surface area contributed by atoms with E-state index in [2.05, 4.69) is 24.2 Å². The molecular formula is C10H19NOS2. The predicted octanol–water partition coefficient (Wildman–Crippen LogP) is 2.10. The molecule has 0 radical (unpaired) electrons. The Morgan fingerprint density at radius 1 is 1.57 bits per heavy atom. The molecule has 0 aromatic rings. The summed E-state index contributed by atoms with van der Waals surface area (Å²) in [7, 11) is 0. The zero-order chi connectivity index (χ0) is 10.6. The molecule has 2 nitrogen and oxygen atoms in total. The Balaban J connectivity index is 2.34. The SMILES string of the molecule is CSC1CCCC(NC(=O)C(C)S)C1. The predicted molar refractivity (Wildman–Crippen MR) is 66.1 cm³/mol. The molecule has 0 spiro atoms. The molecule has 82 valence electrons. The highest BCUT2D eigenvalue weighted by Crippen LogP contribution is 2.26. The van der Waals surface area contributed by atoms with Crippen LogP contribution in [0.5, 0.6) is 0 Å². The van der Waals surface area contributed by atoms with Crippen molar-refractivity contribution in [2.75, 3.05) is 6.26 Å². The number of carbonyl (C=O) groups excluding carboxylic acids is 1. The van der Waals surface area contributed by atoms with Crippen LogP contribution < -0.4 is 5.32 Å². The maximum atomic E-state index is 11.4. The third-order valence-electron chi connectivity index (χ3n) is 2.69. The third-order valence-corrected chi connectivity index (χ3v) is 4.01. The van der Waals surface area contributed by atoms with Crippen LogP contribution in [0, 0.1) is 0 Å². The van der Waals surface area contributed by atoms with Crippen LogP contribution >= 0.6 is 24.4 Å². The molecule has 14 heavy (non-hydrogen) atoms. The van der Waals surface area contributed by atoms with Crippen molar-refractivity contribution < 1.29 is 4.79 Å². The van der Waals surface area contributed by atoms with E-state index in [1.807, 2.05) is 18.7 Å². The average molecular weight is 233 g/mol. The topological polar surface area (TPSA) is 29.1 Å². The highest BCUT2D eigenvalue weighted by molar-refractivity contribution is 7.99. The summed E-state index contributed by atoms with van der Waals surface area (Å²) in [6.07, 6.45) is 6.92. The van der Waals surface area contributed by atoms with Crippen molar-refractivity contribution in [2.45, 2.75) is 49.1 Å². The second kappa shape index (κ2) is 5.91. The van der Waals surface area contributed by atoms with Crippen LogP contribution in [0.4, 0.5) is 0 Å². The first-order valence-electron chi connectivity index (χ1n) is 5.14. The molecule has 0 aromatic heterocycles. The number of carbonyl (C=O) groups is 1. The summed E-state index contributed by atoms with van der Waals surface area (Å²) in [5, 5.41) is 3.59. The first-order valence-corrected chi connectivity index (χ1v) is 6.95. The van der Waals surface area contributed by atoms with Crippen LogP contribution in [0.25, 0.3) is 0 Å². The van der Waals surface area contributed by atoms with Gasteiger partial charge in [0, 0.05) is 11.3 Å². The highest BCUT2D eigenvalue weighted by Gasteiger charge is 2.23. The lowest BCUT2D eigenvalue weighted by Crippen LogP contribution is -2.41. The van der Waals surface area contributed by atoms with E-state index >= 15 is 0 Å². The van der Waals surface area contributed by atoms with Crippen molar-refractivity contribution in [1.82, 2.24) is 5.32 Å². The molecule has 1 aliphatic carbocycles. The number of rotatable bonds is 3. The van der Waals surface area contributed by atoms with E-state index in [1.54, 1.807) is 0 Å². The molecule has 3 atom stereocenters. The Morgan fingerprint density at radius 2 is 2.29 bits per heavy atom. The maximum Gasteiger partial charge on any atom is 0.232 e. The Labute approximate surface area is 96.0 Å². The largest absolute Gasteiger partial charge is 0.352 e. The van der Waals surface area contributed by atoms with Gasteiger partial charge < -0.3 is 5.32 Å². The van der Waals surface area contributed by atoms with E-state index in [9.17, 15) is 4.79 Å². The van der Waals surface area contributed by atoms with Gasteiger partial charge in [-0.05, 0) is 32.4 Å². The van der Waals surface area contributed by atoms with Crippen LogP contribution in [0.1, 0.15) is 32.6 Å². The third kappa shape index (κ3) is 3.73. The fourth-order valence-electron chi connectivity index (χ4n) is 1.81. The van der Waals surface area contributed by atoms with Crippen molar-refractivity contribution in [3.63, 3.8) is 0 Å². The zero-order valence-electron chi connectivity index (χ0n) is 8.82. The number of hydrogen-bond donors (Lipinski definition) is 2. The van der Waals surface area contributed by atoms with Crippen LogP contribution in [0.2, 0.25) is 0 Å². The fourth-order valence-corrected chi connectivity index (χ4v) is 2.71. The minimum Gasteiger partial charge on any atom is -0.352 e. The van der Waals surface area contributed by atoms with Gasteiger partial charge in [0.1, 0.15) is 0 Å². The second-order valence-electron chi connectivity index (χ2n) is 3.91. The molecule has 1 amide bonds. The minimum atomic E-state index is -0.190. The monoisotopic (exact) mass is 233 g/mol. The Kier molecular flexibility index (Phi) is 5.17. The van der Waals surface area contributed by atoms with Crippen molar-refractivity contribution in [1.29, 1.82) is 0 Å². The highest BCUT2D eigenvalue weighted by atomic mass is 32.2. The molecule has 0 aromatic carbocycles. The van der Waals surface area contributed by atoms with E-state index in [-0.39, 0.29) is 11.2 Å². The molecule has 0 bridgehead atoms. The maximum absolute atomic E-state index is 11.4. The van der Waals surface area contributed by atoms with Gasteiger partial charge in [0.25, 0.3) is 0 Å². The van der Waals surface area contributed by atoms with Crippen LogP contribution in [0.3, 0.4) is 0 Å². The Hall–Kier alpha value is 0.170. The minimum absolute atomic E-state index is 0.0695. The molecule has 0 saturated heterocycles. The zero-order valence-corrected chi connectivity index (χ0v) is 10.5. The van der Waals surface area contributed by atoms with Crippen LogP contribution in [-0.2, 0) is 4.79 Å². The molecule has 1 saturated carbocycles. The fraction of sp³-hybridized carbons (Fsp3) is 0.900. The summed E-state index contributed by atoms with van der Waals surface area (Å²) in [5.74, 6) is 0.0695. The van der Waals surface area contributed by atoms with E-state index in [4.69, 9.17) is 0 Å². The van der Waals surface area contributed by atoms with E-state index in [0.29, 0.717) is 6.04 Å². The van der Waals surface area contributed by atoms with Crippen LogP contribution in [0.15, 0.2) is 0 Å². The summed E-state index contributed by atoms with van der Waals surface area (Å²) >= 11 is 6.04. The van der Waals surface area contributed by atoms with Gasteiger partial charge in [0.15, 0.2) is 0 Å². The molecule has 3 unspecified atom stereocenters. The van der Waals surface area contributed by atoms with E-state index < -0.39 is 0 Å². The van der Waals surface area contributed by atoms with Gasteiger partial charge in [-0.25, -0.2) is 0 Å². The quantitative estimate of drug-likeness (QED) is 0.731. The van der Waals surface area contributed by atoms with E-state index in [0.717, 1.165) is 18.1 Å². The standard InChI is InChI=1S/C10H19NOS2/c1-7(13)10(12)11-8-4-3-5-9(6-8)14-2/h7-9,13H,3-6H2,1-2H3,(H,11,12).